The Morgan fingerprint density at radius 1 is 0.839 bits per heavy atom. The van der Waals surface area contributed by atoms with Crippen molar-refractivity contribution in [3.63, 3.8) is 0 Å². The minimum atomic E-state index is -1.58. The molecule has 176 valence electrons. The Morgan fingerprint density at radius 2 is 1.32 bits per heavy atom. The number of nitrogens with one attached hydrogen (secondary N) is 3. The van der Waals surface area contributed by atoms with Gasteiger partial charge in [0, 0.05) is 0 Å². The maximum atomic E-state index is 12.4. The summed E-state index contributed by atoms with van der Waals surface area (Å²) >= 11 is 1.36. The van der Waals surface area contributed by atoms with Crippen molar-refractivity contribution in [2.75, 3.05) is 18.6 Å². The zero-order valence-corrected chi connectivity index (χ0v) is 17.6. The molecule has 4 atom stereocenters. The number of hydrogen-bond acceptors (Lipinski definition) is 9. The van der Waals surface area contributed by atoms with Gasteiger partial charge in [0.1, 0.15) is 18.1 Å². The van der Waals surface area contributed by atoms with Crippen LogP contribution in [-0.2, 0) is 28.8 Å². The second kappa shape index (κ2) is 14.2. The molecule has 0 rings (SSSR count). The molecule has 0 saturated heterocycles. The van der Waals surface area contributed by atoms with Gasteiger partial charge in [-0.05, 0) is 18.4 Å². The number of carboxylic acid groups (broad SMARTS) is 1. The molecule has 14 nitrogen and oxygen atoms in total. The molecule has 4 unspecified atom stereocenters. The number of aliphatic hydroxyl groups excluding tert-OH is 1. The summed E-state index contributed by atoms with van der Waals surface area (Å²) in [5, 5.41) is 25.0. The van der Waals surface area contributed by atoms with Crippen LogP contribution >= 0.6 is 11.8 Å². The third-order valence-electron chi connectivity index (χ3n) is 3.84. The Morgan fingerprint density at radius 3 is 1.77 bits per heavy atom. The van der Waals surface area contributed by atoms with Crippen molar-refractivity contribution in [1.29, 1.82) is 0 Å². The van der Waals surface area contributed by atoms with E-state index < -0.39 is 79.1 Å². The lowest BCUT2D eigenvalue weighted by Gasteiger charge is -2.23. The molecule has 5 amide bonds. The van der Waals surface area contributed by atoms with Crippen molar-refractivity contribution < 1.29 is 39.0 Å². The van der Waals surface area contributed by atoms with Gasteiger partial charge in [0.15, 0.2) is 0 Å². The number of aliphatic hydroxyl groups is 1. The van der Waals surface area contributed by atoms with E-state index in [-0.39, 0.29) is 6.42 Å². The third-order valence-corrected chi connectivity index (χ3v) is 4.48. The minimum absolute atomic E-state index is 0.0898. The molecule has 15 heteroatoms. The van der Waals surface area contributed by atoms with Gasteiger partial charge in [0.2, 0.25) is 29.5 Å². The SMILES string of the molecule is CSCCC(NC(=O)C(CC(N)=O)NC(=O)C(CO)NC(=O)C(N)CC(N)=O)C(=O)O. The lowest BCUT2D eigenvalue weighted by Crippen LogP contribution is -2.58. The number of amides is 5. The van der Waals surface area contributed by atoms with E-state index in [1.54, 1.807) is 6.26 Å². The first kappa shape index (κ1) is 28.1. The average Bonchev–Trinajstić information content (AvgIpc) is 2.66. The van der Waals surface area contributed by atoms with Crippen LogP contribution < -0.4 is 33.2 Å². The molecule has 0 aromatic heterocycles. The number of aliphatic carboxylic acids is 1. The Balaban J connectivity index is 5.25. The molecule has 0 saturated carbocycles. The van der Waals surface area contributed by atoms with Crippen LogP contribution in [-0.4, -0.2) is 88.5 Å². The summed E-state index contributed by atoms with van der Waals surface area (Å²) in [6.07, 6.45) is 0.659. The van der Waals surface area contributed by atoms with E-state index in [2.05, 4.69) is 16.0 Å². The normalized spacial score (nSPS) is 14.4. The summed E-state index contributed by atoms with van der Waals surface area (Å²) in [4.78, 5) is 70.1. The maximum Gasteiger partial charge on any atom is 0.326 e. The van der Waals surface area contributed by atoms with Crippen molar-refractivity contribution in [2.45, 2.75) is 43.4 Å². The van der Waals surface area contributed by atoms with E-state index in [4.69, 9.17) is 17.2 Å². The molecule has 0 radical (unpaired) electrons. The first-order valence-electron chi connectivity index (χ1n) is 8.98. The van der Waals surface area contributed by atoms with E-state index in [0.717, 1.165) is 0 Å². The fraction of sp³-hybridized carbons (Fsp3) is 0.625. The number of hydrogen-bond donors (Lipinski definition) is 8. The lowest BCUT2D eigenvalue weighted by molar-refractivity contribution is -0.142. The van der Waals surface area contributed by atoms with Gasteiger partial charge in [-0.15, -0.1) is 0 Å². The first-order valence-corrected chi connectivity index (χ1v) is 10.4. The molecule has 11 N–H and O–H groups in total. The standard InChI is InChI=1S/C16H28N6O8S/c1-31-3-2-8(16(29)30)20-14(27)9(5-12(19)25)21-15(28)10(6-23)22-13(26)7(17)4-11(18)24/h7-10,23H,2-6,17H2,1H3,(H2,18,24)(H2,19,25)(H,20,27)(H,21,28)(H,22,26)(H,29,30). The van der Waals surface area contributed by atoms with Crippen molar-refractivity contribution >= 4 is 47.3 Å². The Labute approximate surface area is 182 Å². The van der Waals surface area contributed by atoms with E-state index in [1.165, 1.54) is 11.8 Å². The van der Waals surface area contributed by atoms with E-state index in [9.17, 15) is 39.0 Å². The number of carbonyl (C=O) groups excluding carboxylic acids is 5. The third kappa shape index (κ3) is 11.2. The number of primary amides is 2. The number of carboxylic acids is 1. The number of rotatable bonds is 15. The second-order valence-electron chi connectivity index (χ2n) is 6.43. The largest absolute Gasteiger partial charge is 0.480 e. The highest BCUT2D eigenvalue weighted by Crippen LogP contribution is 2.03. The molecule has 0 aliphatic carbocycles. The number of nitrogens with two attached hydrogens (primary N) is 3. The molecule has 0 aliphatic heterocycles. The van der Waals surface area contributed by atoms with Crippen LogP contribution in [0, 0.1) is 0 Å². The van der Waals surface area contributed by atoms with Gasteiger partial charge in [0.25, 0.3) is 0 Å². The maximum absolute atomic E-state index is 12.4. The number of carbonyl (C=O) groups is 6. The Bertz CT molecular complexity index is 691. The van der Waals surface area contributed by atoms with Crippen LogP contribution in [0.2, 0.25) is 0 Å². The van der Waals surface area contributed by atoms with Gasteiger partial charge < -0.3 is 43.4 Å². The monoisotopic (exact) mass is 464 g/mol. The van der Waals surface area contributed by atoms with E-state index in [1.807, 2.05) is 0 Å². The van der Waals surface area contributed by atoms with Crippen molar-refractivity contribution in [1.82, 2.24) is 16.0 Å². The zero-order valence-electron chi connectivity index (χ0n) is 16.8. The van der Waals surface area contributed by atoms with Crippen LogP contribution in [0.5, 0.6) is 0 Å². The van der Waals surface area contributed by atoms with Gasteiger partial charge in [-0.25, -0.2) is 4.79 Å². The second-order valence-corrected chi connectivity index (χ2v) is 7.42. The molecule has 0 aromatic carbocycles. The molecule has 0 aliphatic rings. The molecule has 0 bridgehead atoms. The van der Waals surface area contributed by atoms with Crippen LogP contribution in [0.4, 0.5) is 0 Å². The highest BCUT2D eigenvalue weighted by Gasteiger charge is 2.31. The van der Waals surface area contributed by atoms with Crippen molar-refractivity contribution in [3.05, 3.63) is 0 Å². The predicted octanol–water partition coefficient (Wildman–Crippen LogP) is -4.65. The summed E-state index contributed by atoms with van der Waals surface area (Å²) in [7, 11) is 0. The highest BCUT2D eigenvalue weighted by molar-refractivity contribution is 7.98. The van der Waals surface area contributed by atoms with Gasteiger partial charge in [0.05, 0.1) is 25.5 Å². The molecular formula is C16H28N6O8S. The molecular weight excluding hydrogens is 436 g/mol. The first-order chi connectivity index (χ1) is 14.4. The summed E-state index contributed by atoms with van der Waals surface area (Å²) < 4.78 is 0. The molecule has 0 aromatic rings. The number of thioether (sulfide) groups is 1. The Kier molecular flexibility index (Phi) is 12.8. The minimum Gasteiger partial charge on any atom is -0.480 e. The van der Waals surface area contributed by atoms with Crippen LogP contribution in [0.1, 0.15) is 19.3 Å². The van der Waals surface area contributed by atoms with Gasteiger partial charge in [-0.3, -0.25) is 24.0 Å². The quantitative estimate of drug-likeness (QED) is 0.115. The van der Waals surface area contributed by atoms with Crippen LogP contribution in [0.25, 0.3) is 0 Å². The fourth-order valence-electron chi connectivity index (χ4n) is 2.23. The van der Waals surface area contributed by atoms with Crippen LogP contribution in [0.3, 0.4) is 0 Å². The summed E-state index contributed by atoms with van der Waals surface area (Å²) in [5.74, 6) is -5.74. The summed E-state index contributed by atoms with van der Waals surface area (Å²) in [5.41, 5.74) is 15.5. The zero-order chi connectivity index (χ0) is 24.1. The average molecular weight is 465 g/mol. The summed E-state index contributed by atoms with van der Waals surface area (Å²) in [6.45, 7) is -0.906. The van der Waals surface area contributed by atoms with Crippen LogP contribution in [0.15, 0.2) is 0 Å². The van der Waals surface area contributed by atoms with E-state index in [0.29, 0.717) is 5.75 Å². The molecule has 31 heavy (non-hydrogen) atoms. The molecule has 0 spiro atoms. The molecule has 0 fully saturated rings. The van der Waals surface area contributed by atoms with Gasteiger partial charge in [-0.2, -0.15) is 11.8 Å². The van der Waals surface area contributed by atoms with Gasteiger partial charge >= 0.3 is 5.97 Å². The Hall–Kier alpha value is -2.91. The highest BCUT2D eigenvalue weighted by atomic mass is 32.2. The molecule has 0 heterocycles. The van der Waals surface area contributed by atoms with Crippen molar-refractivity contribution in [2.24, 2.45) is 17.2 Å². The lowest BCUT2D eigenvalue weighted by atomic mass is 10.1. The topological polar surface area (TPSA) is 257 Å². The van der Waals surface area contributed by atoms with Gasteiger partial charge in [-0.1, -0.05) is 0 Å². The summed E-state index contributed by atoms with van der Waals surface area (Å²) in [6, 6.07) is -5.79. The van der Waals surface area contributed by atoms with Crippen molar-refractivity contribution in [3.8, 4) is 0 Å². The predicted molar refractivity (Wildman–Crippen MR) is 109 cm³/mol. The van der Waals surface area contributed by atoms with E-state index >= 15 is 0 Å². The smallest absolute Gasteiger partial charge is 0.326 e. The fourth-order valence-corrected chi connectivity index (χ4v) is 2.70.